The third-order valence-corrected chi connectivity index (χ3v) is 4.02. The first-order valence-corrected chi connectivity index (χ1v) is 7.58. The maximum absolute atomic E-state index is 13.1. The highest BCUT2D eigenvalue weighted by atomic mass is 19.1. The zero-order chi connectivity index (χ0) is 15.6. The number of carbonyl (C=O) groups excluding carboxylic acids is 1. The van der Waals surface area contributed by atoms with Gasteiger partial charge in [0.25, 0.3) is 0 Å². The Morgan fingerprint density at radius 3 is 2.38 bits per heavy atom. The predicted molar refractivity (Wildman–Crippen MR) is 82.1 cm³/mol. The summed E-state index contributed by atoms with van der Waals surface area (Å²) in [6.07, 6.45) is 2.63. The molecule has 0 heterocycles. The molecule has 3 N–H and O–H groups in total. The highest BCUT2D eigenvalue weighted by Gasteiger charge is 2.32. The van der Waals surface area contributed by atoms with Gasteiger partial charge in [0.05, 0.1) is 6.04 Å². The molecule has 3 nitrogen and oxygen atoms in total. The van der Waals surface area contributed by atoms with Crippen molar-refractivity contribution in [1.82, 2.24) is 5.32 Å². The Hall–Kier alpha value is -1.42. The Morgan fingerprint density at radius 1 is 1.33 bits per heavy atom. The summed E-state index contributed by atoms with van der Waals surface area (Å²) >= 11 is 0. The molecular formula is C17H25FN2O. The van der Waals surface area contributed by atoms with Gasteiger partial charge in [-0.25, -0.2) is 4.39 Å². The summed E-state index contributed by atoms with van der Waals surface area (Å²) in [5.74, 6) is 0.210. The van der Waals surface area contributed by atoms with Crippen molar-refractivity contribution >= 4 is 5.91 Å². The van der Waals surface area contributed by atoms with Gasteiger partial charge in [-0.15, -0.1) is 0 Å². The first kappa shape index (κ1) is 16.0. The number of benzene rings is 1. The van der Waals surface area contributed by atoms with Gasteiger partial charge in [-0.2, -0.15) is 0 Å². The molecule has 2 unspecified atom stereocenters. The Kier molecular flexibility index (Phi) is 4.67. The lowest BCUT2D eigenvalue weighted by atomic mass is 9.82. The van der Waals surface area contributed by atoms with Gasteiger partial charge in [0.15, 0.2) is 0 Å². The van der Waals surface area contributed by atoms with Gasteiger partial charge in [-0.1, -0.05) is 32.9 Å². The van der Waals surface area contributed by atoms with E-state index in [2.05, 4.69) is 26.1 Å². The molecule has 1 aromatic carbocycles. The second-order valence-electron chi connectivity index (χ2n) is 7.12. The average molecular weight is 292 g/mol. The summed E-state index contributed by atoms with van der Waals surface area (Å²) in [5, 5.41) is 3.06. The largest absolute Gasteiger partial charge is 0.349 e. The second kappa shape index (κ2) is 6.14. The van der Waals surface area contributed by atoms with Crippen LogP contribution in [0.5, 0.6) is 0 Å². The van der Waals surface area contributed by atoms with E-state index >= 15 is 0 Å². The fourth-order valence-corrected chi connectivity index (χ4v) is 2.58. The van der Waals surface area contributed by atoms with Crippen molar-refractivity contribution in [3.63, 3.8) is 0 Å². The molecule has 1 aromatic rings. The molecule has 1 saturated carbocycles. The number of nitrogens with two attached hydrogens (primary N) is 1. The number of carbonyl (C=O) groups is 1. The van der Waals surface area contributed by atoms with Crippen molar-refractivity contribution in [2.45, 2.75) is 52.1 Å². The van der Waals surface area contributed by atoms with Crippen LogP contribution in [-0.4, -0.2) is 11.9 Å². The summed E-state index contributed by atoms with van der Waals surface area (Å²) in [6, 6.07) is 6.11. The van der Waals surface area contributed by atoms with Gasteiger partial charge in [0, 0.05) is 12.5 Å². The highest BCUT2D eigenvalue weighted by molar-refractivity contribution is 5.77. The summed E-state index contributed by atoms with van der Waals surface area (Å²) in [5.41, 5.74) is 6.77. The quantitative estimate of drug-likeness (QED) is 0.876. The van der Waals surface area contributed by atoms with Crippen molar-refractivity contribution in [1.29, 1.82) is 0 Å². The van der Waals surface area contributed by atoms with Crippen LogP contribution in [0.15, 0.2) is 24.3 Å². The normalized spacial score (nSPS) is 18.1. The number of nitrogens with one attached hydrogen (secondary N) is 1. The van der Waals surface area contributed by atoms with Crippen LogP contribution in [0.2, 0.25) is 0 Å². The fraction of sp³-hybridized carbons (Fsp3) is 0.588. The number of rotatable bonds is 5. The molecule has 1 aliphatic carbocycles. The van der Waals surface area contributed by atoms with E-state index < -0.39 is 0 Å². The van der Waals surface area contributed by atoms with Crippen molar-refractivity contribution in [3.05, 3.63) is 35.6 Å². The number of amides is 1. The lowest BCUT2D eigenvalue weighted by Crippen LogP contribution is -2.39. The van der Waals surface area contributed by atoms with Gasteiger partial charge >= 0.3 is 0 Å². The van der Waals surface area contributed by atoms with Crippen molar-refractivity contribution in [2.24, 2.45) is 17.1 Å². The van der Waals surface area contributed by atoms with Crippen LogP contribution in [-0.2, 0) is 4.79 Å². The Bertz CT molecular complexity index is 489. The Morgan fingerprint density at radius 2 is 1.90 bits per heavy atom. The van der Waals surface area contributed by atoms with Crippen molar-refractivity contribution in [3.8, 4) is 0 Å². The van der Waals surface area contributed by atoms with Crippen molar-refractivity contribution in [2.75, 3.05) is 0 Å². The van der Waals surface area contributed by atoms with E-state index in [-0.39, 0.29) is 29.2 Å². The molecule has 4 heteroatoms. The molecule has 2 atom stereocenters. The molecule has 0 bridgehead atoms. The molecule has 1 fully saturated rings. The molecular weight excluding hydrogens is 267 g/mol. The van der Waals surface area contributed by atoms with Crippen LogP contribution in [0.4, 0.5) is 4.39 Å². The Labute approximate surface area is 126 Å². The van der Waals surface area contributed by atoms with Crippen LogP contribution in [0.25, 0.3) is 0 Å². The van der Waals surface area contributed by atoms with E-state index in [1.807, 2.05) is 0 Å². The van der Waals surface area contributed by atoms with Crippen LogP contribution in [0, 0.1) is 17.2 Å². The van der Waals surface area contributed by atoms with Crippen molar-refractivity contribution < 1.29 is 9.18 Å². The lowest BCUT2D eigenvalue weighted by Gasteiger charge is -2.32. The molecule has 0 radical (unpaired) electrons. The molecule has 21 heavy (non-hydrogen) atoms. The maximum Gasteiger partial charge on any atom is 0.222 e. The van der Waals surface area contributed by atoms with Crippen LogP contribution < -0.4 is 11.1 Å². The monoisotopic (exact) mass is 292 g/mol. The molecule has 1 aliphatic rings. The molecule has 0 aliphatic heterocycles. The molecule has 116 valence electrons. The van der Waals surface area contributed by atoms with E-state index in [1.54, 1.807) is 12.1 Å². The van der Waals surface area contributed by atoms with Gasteiger partial charge < -0.3 is 11.1 Å². The third-order valence-electron chi connectivity index (χ3n) is 4.02. The van der Waals surface area contributed by atoms with E-state index in [0.29, 0.717) is 12.3 Å². The van der Waals surface area contributed by atoms with E-state index in [0.717, 1.165) is 18.4 Å². The van der Waals surface area contributed by atoms with Crippen LogP contribution in [0.3, 0.4) is 0 Å². The first-order chi connectivity index (χ1) is 9.77. The number of hydrogen-bond donors (Lipinski definition) is 2. The zero-order valence-electron chi connectivity index (χ0n) is 13.0. The van der Waals surface area contributed by atoms with Gasteiger partial charge in [-0.05, 0) is 41.9 Å². The van der Waals surface area contributed by atoms with Gasteiger partial charge in [-0.3, -0.25) is 4.79 Å². The molecule has 2 rings (SSSR count). The van der Waals surface area contributed by atoms with Gasteiger partial charge in [0.1, 0.15) is 5.82 Å². The SMILES string of the molecule is CC(C)(C)C(NC(=O)CC(N)C1CC1)c1ccc(F)cc1. The smallest absolute Gasteiger partial charge is 0.222 e. The standard InChI is InChI=1S/C17H25FN2O/c1-17(2,3)16(12-6-8-13(18)9-7-12)20-15(21)10-14(19)11-4-5-11/h6-9,11,14,16H,4-5,10,19H2,1-3H3,(H,20,21). The summed E-state index contributed by atoms with van der Waals surface area (Å²) in [6.45, 7) is 6.17. The number of halogens is 1. The second-order valence-corrected chi connectivity index (χ2v) is 7.12. The van der Waals surface area contributed by atoms with E-state index in [9.17, 15) is 9.18 Å². The summed E-state index contributed by atoms with van der Waals surface area (Å²) < 4.78 is 13.1. The highest BCUT2D eigenvalue weighted by Crippen LogP contribution is 2.34. The summed E-state index contributed by atoms with van der Waals surface area (Å²) in [7, 11) is 0. The minimum Gasteiger partial charge on any atom is -0.349 e. The van der Waals surface area contributed by atoms with E-state index in [1.165, 1.54) is 12.1 Å². The average Bonchev–Trinajstić information content (AvgIpc) is 3.20. The fourth-order valence-electron chi connectivity index (χ4n) is 2.58. The molecule has 0 saturated heterocycles. The molecule has 0 spiro atoms. The maximum atomic E-state index is 13.1. The third kappa shape index (κ3) is 4.53. The minimum atomic E-state index is -0.270. The number of hydrogen-bond acceptors (Lipinski definition) is 2. The van der Waals surface area contributed by atoms with Gasteiger partial charge in [0.2, 0.25) is 5.91 Å². The summed E-state index contributed by atoms with van der Waals surface area (Å²) in [4.78, 5) is 12.2. The van der Waals surface area contributed by atoms with E-state index in [4.69, 9.17) is 5.73 Å². The first-order valence-electron chi connectivity index (χ1n) is 7.58. The van der Waals surface area contributed by atoms with Crippen LogP contribution in [0.1, 0.15) is 51.6 Å². The topological polar surface area (TPSA) is 55.1 Å². The van der Waals surface area contributed by atoms with Crippen LogP contribution >= 0.6 is 0 Å². The Balaban J connectivity index is 2.05. The lowest BCUT2D eigenvalue weighted by molar-refractivity contribution is -0.123. The molecule has 1 amide bonds. The molecule has 0 aromatic heterocycles. The minimum absolute atomic E-state index is 0.0290. The predicted octanol–water partition coefficient (Wildman–Crippen LogP) is 3.16. The zero-order valence-corrected chi connectivity index (χ0v) is 13.0.